The molecule has 1 saturated heterocycles. The van der Waals surface area contributed by atoms with Gasteiger partial charge in [0.25, 0.3) is 0 Å². The van der Waals surface area contributed by atoms with E-state index < -0.39 is 6.04 Å². The largest absolute Gasteiger partial charge is 0.301 e. The van der Waals surface area contributed by atoms with Gasteiger partial charge in [0.2, 0.25) is 0 Å². The predicted octanol–water partition coefficient (Wildman–Crippen LogP) is 2.30. The number of hydrogen-bond donors (Lipinski definition) is 0. The molecule has 0 amide bonds. The van der Waals surface area contributed by atoms with Gasteiger partial charge in [-0.3, -0.25) is 4.79 Å². The van der Waals surface area contributed by atoms with E-state index in [4.69, 9.17) is 0 Å². The number of carbonyl (C=O) groups is 2. The molecule has 0 N–H and O–H groups in total. The molecule has 1 atom stereocenters. The van der Waals surface area contributed by atoms with E-state index in [2.05, 4.69) is 34.6 Å². The molecule has 0 radical (unpaired) electrons. The van der Waals surface area contributed by atoms with Crippen molar-refractivity contribution in [1.82, 2.24) is 4.31 Å². The summed E-state index contributed by atoms with van der Waals surface area (Å²) in [6, 6.07) is -0.553. The third-order valence-corrected chi connectivity index (χ3v) is 4.03. The van der Waals surface area contributed by atoms with Crippen LogP contribution in [0.15, 0.2) is 0 Å². The summed E-state index contributed by atoms with van der Waals surface area (Å²) in [5.74, 6) is 0.457. The first kappa shape index (κ1) is 13.7. The van der Waals surface area contributed by atoms with Crippen LogP contribution in [0.5, 0.6) is 0 Å². The second-order valence-electron chi connectivity index (χ2n) is 6.20. The maximum absolute atomic E-state index is 11.5. The standard InChI is InChI=1S/C12H21NO2S/c1-11(2,3)8-12(4,5)13-9(6-14)10(15)7-16-13/h6,9H,7-8H2,1-5H3. The minimum absolute atomic E-state index is 0.0296. The van der Waals surface area contributed by atoms with Gasteiger partial charge in [0.15, 0.2) is 5.78 Å². The summed E-state index contributed by atoms with van der Waals surface area (Å²) >= 11 is 1.48. The zero-order valence-corrected chi connectivity index (χ0v) is 11.6. The minimum atomic E-state index is -0.553. The van der Waals surface area contributed by atoms with Crippen LogP contribution in [0.25, 0.3) is 0 Å². The molecule has 0 aromatic carbocycles. The molecule has 0 spiro atoms. The number of ketones is 1. The fourth-order valence-corrected chi connectivity index (χ4v) is 3.67. The van der Waals surface area contributed by atoms with Crippen molar-refractivity contribution in [3.8, 4) is 0 Å². The van der Waals surface area contributed by atoms with Crippen LogP contribution in [-0.2, 0) is 9.59 Å². The Morgan fingerprint density at radius 1 is 1.38 bits per heavy atom. The van der Waals surface area contributed by atoms with Crippen molar-refractivity contribution in [2.24, 2.45) is 5.41 Å². The summed E-state index contributed by atoms with van der Waals surface area (Å²) in [5, 5.41) is 0. The zero-order valence-electron chi connectivity index (χ0n) is 10.7. The quantitative estimate of drug-likeness (QED) is 0.433. The van der Waals surface area contributed by atoms with E-state index >= 15 is 0 Å². The van der Waals surface area contributed by atoms with Gasteiger partial charge in [0.1, 0.15) is 12.3 Å². The molecule has 1 aliphatic rings. The Labute approximate surface area is 102 Å². The highest BCUT2D eigenvalue weighted by Crippen LogP contribution is 2.39. The van der Waals surface area contributed by atoms with Gasteiger partial charge in [-0.1, -0.05) is 32.7 Å². The SMILES string of the molecule is CC(C)(C)CC(C)(C)N1SCC(=O)C1C=O. The van der Waals surface area contributed by atoms with Gasteiger partial charge < -0.3 is 4.79 Å². The van der Waals surface area contributed by atoms with Crippen molar-refractivity contribution in [1.29, 1.82) is 0 Å². The lowest BCUT2D eigenvalue weighted by molar-refractivity contribution is -0.125. The van der Waals surface area contributed by atoms with Crippen LogP contribution >= 0.6 is 11.9 Å². The average Bonchev–Trinajstić information content (AvgIpc) is 2.42. The summed E-state index contributed by atoms with van der Waals surface area (Å²) in [4.78, 5) is 22.5. The summed E-state index contributed by atoms with van der Waals surface area (Å²) in [6.45, 7) is 10.7. The summed E-state index contributed by atoms with van der Waals surface area (Å²) in [5.41, 5.74) is 0.0454. The monoisotopic (exact) mass is 243 g/mol. The molecular formula is C12H21NO2S. The first-order chi connectivity index (χ1) is 7.17. The highest BCUT2D eigenvalue weighted by Gasteiger charge is 2.43. The van der Waals surface area contributed by atoms with Gasteiger partial charge in [0, 0.05) is 5.54 Å². The Hall–Kier alpha value is -0.350. The highest BCUT2D eigenvalue weighted by molar-refractivity contribution is 7.98. The summed E-state index contributed by atoms with van der Waals surface area (Å²) in [6.07, 6.45) is 1.72. The number of Topliss-reactive ketones (excluding diaryl/α,β-unsaturated/α-hetero) is 1. The fraction of sp³-hybridized carbons (Fsp3) is 0.833. The van der Waals surface area contributed by atoms with Crippen molar-refractivity contribution in [2.45, 2.75) is 52.6 Å². The number of hydrogen-bond acceptors (Lipinski definition) is 4. The zero-order chi connectivity index (χ0) is 12.6. The third-order valence-electron chi connectivity index (χ3n) is 2.62. The number of rotatable bonds is 3. The van der Waals surface area contributed by atoms with Crippen LogP contribution in [0.1, 0.15) is 41.0 Å². The van der Waals surface area contributed by atoms with E-state index in [0.717, 1.165) is 12.7 Å². The molecule has 92 valence electrons. The van der Waals surface area contributed by atoms with Crippen LogP contribution in [0.4, 0.5) is 0 Å². The smallest absolute Gasteiger partial charge is 0.169 e. The fourth-order valence-electron chi connectivity index (χ4n) is 2.49. The van der Waals surface area contributed by atoms with Crippen molar-refractivity contribution in [3.63, 3.8) is 0 Å². The van der Waals surface area contributed by atoms with Crippen LogP contribution in [-0.4, -0.2) is 33.7 Å². The van der Waals surface area contributed by atoms with E-state index in [0.29, 0.717) is 5.75 Å². The normalized spacial score (nSPS) is 23.8. The van der Waals surface area contributed by atoms with Gasteiger partial charge in [0.05, 0.1) is 5.75 Å². The second-order valence-corrected chi connectivity index (χ2v) is 7.14. The molecule has 0 aromatic heterocycles. The topological polar surface area (TPSA) is 37.4 Å². The molecule has 3 nitrogen and oxygen atoms in total. The molecule has 0 saturated carbocycles. The van der Waals surface area contributed by atoms with Crippen molar-refractivity contribution < 1.29 is 9.59 Å². The van der Waals surface area contributed by atoms with E-state index in [9.17, 15) is 9.59 Å². The number of carbonyl (C=O) groups excluding carboxylic acids is 2. The summed E-state index contributed by atoms with van der Waals surface area (Å²) in [7, 11) is 0. The number of aldehydes is 1. The van der Waals surface area contributed by atoms with Crippen LogP contribution in [0, 0.1) is 5.41 Å². The average molecular weight is 243 g/mol. The molecule has 0 aromatic rings. The van der Waals surface area contributed by atoms with Crippen molar-refractivity contribution >= 4 is 24.0 Å². The van der Waals surface area contributed by atoms with Crippen molar-refractivity contribution in [3.05, 3.63) is 0 Å². The molecule has 1 aliphatic heterocycles. The van der Waals surface area contributed by atoms with Gasteiger partial charge in [-0.2, -0.15) is 0 Å². The highest BCUT2D eigenvalue weighted by atomic mass is 32.2. The molecule has 0 bridgehead atoms. The first-order valence-electron chi connectivity index (χ1n) is 5.58. The molecule has 4 heteroatoms. The lowest BCUT2D eigenvalue weighted by atomic mass is 9.81. The van der Waals surface area contributed by atoms with Crippen molar-refractivity contribution in [2.75, 3.05) is 5.75 Å². The Bertz CT molecular complexity index is 294. The van der Waals surface area contributed by atoms with Gasteiger partial charge >= 0.3 is 0 Å². The lowest BCUT2D eigenvalue weighted by Crippen LogP contribution is -2.47. The predicted molar refractivity (Wildman–Crippen MR) is 67.3 cm³/mol. The first-order valence-corrected chi connectivity index (χ1v) is 6.52. The van der Waals surface area contributed by atoms with E-state index in [1.807, 2.05) is 4.31 Å². The van der Waals surface area contributed by atoms with E-state index in [-0.39, 0.29) is 16.7 Å². The summed E-state index contributed by atoms with van der Waals surface area (Å²) < 4.78 is 1.97. The van der Waals surface area contributed by atoms with Gasteiger partial charge in [-0.15, -0.1) is 0 Å². The molecule has 1 heterocycles. The van der Waals surface area contributed by atoms with E-state index in [1.54, 1.807) is 0 Å². The molecule has 1 fully saturated rings. The third kappa shape index (κ3) is 3.08. The van der Waals surface area contributed by atoms with E-state index in [1.165, 1.54) is 11.9 Å². The van der Waals surface area contributed by atoms with Gasteiger partial charge in [-0.25, -0.2) is 4.31 Å². The molecule has 1 rings (SSSR count). The van der Waals surface area contributed by atoms with Gasteiger partial charge in [-0.05, 0) is 25.7 Å². The molecule has 0 aliphatic carbocycles. The maximum Gasteiger partial charge on any atom is 0.169 e. The van der Waals surface area contributed by atoms with Crippen LogP contribution in [0.2, 0.25) is 0 Å². The minimum Gasteiger partial charge on any atom is -0.301 e. The Balaban J connectivity index is 2.83. The Morgan fingerprint density at radius 3 is 2.38 bits per heavy atom. The maximum atomic E-state index is 11.5. The Morgan fingerprint density at radius 2 is 1.94 bits per heavy atom. The molecule has 1 unspecified atom stereocenters. The van der Waals surface area contributed by atoms with Crippen LogP contribution in [0.3, 0.4) is 0 Å². The second kappa shape index (κ2) is 4.49. The van der Waals surface area contributed by atoms with Crippen LogP contribution < -0.4 is 0 Å². The molecular weight excluding hydrogens is 222 g/mol. The number of nitrogens with zero attached hydrogens (tertiary/aromatic N) is 1. The molecule has 16 heavy (non-hydrogen) atoms. The lowest BCUT2D eigenvalue weighted by Gasteiger charge is -2.40. The Kier molecular flexibility index (Phi) is 3.85.